The third kappa shape index (κ3) is 2.77. The zero-order chi connectivity index (χ0) is 12.4. The van der Waals surface area contributed by atoms with Gasteiger partial charge in [-0.3, -0.25) is 4.79 Å². The summed E-state index contributed by atoms with van der Waals surface area (Å²) in [6.45, 7) is 4.34. The third-order valence-electron chi connectivity index (χ3n) is 2.92. The molecule has 1 heterocycles. The van der Waals surface area contributed by atoms with Crippen molar-refractivity contribution < 1.29 is 9.18 Å². The number of halogens is 2. The number of nitrogens with zero attached hydrogens (tertiary/aromatic N) is 1. The Kier molecular flexibility index (Phi) is 3.98. The van der Waals surface area contributed by atoms with Crippen LogP contribution in [0.1, 0.15) is 17.3 Å². The van der Waals surface area contributed by atoms with Crippen LogP contribution in [0.4, 0.5) is 4.39 Å². The van der Waals surface area contributed by atoms with Gasteiger partial charge in [0.05, 0.1) is 5.56 Å². The number of benzene rings is 1. The van der Waals surface area contributed by atoms with Crippen LogP contribution >= 0.6 is 22.6 Å². The van der Waals surface area contributed by atoms with Gasteiger partial charge in [0.1, 0.15) is 5.82 Å². The minimum Gasteiger partial charge on any atom is -0.333 e. The van der Waals surface area contributed by atoms with Crippen LogP contribution in [0, 0.1) is 9.39 Å². The smallest absolute Gasteiger partial charge is 0.255 e. The van der Waals surface area contributed by atoms with Crippen molar-refractivity contribution in [1.82, 2.24) is 10.2 Å². The number of nitrogens with one attached hydrogen (secondary N) is 1. The molecule has 2 rings (SSSR count). The van der Waals surface area contributed by atoms with Gasteiger partial charge >= 0.3 is 0 Å². The highest BCUT2D eigenvalue weighted by Gasteiger charge is 2.25. The number of amides is 1. The molecule has 0 spiro atoms. The summed E-state index contributed by atoms with van der Waals surface area (Å²) in [6.07, 6.45) is 0. The van der Waals surface area contributed by atoms with Gasteiger partial charge in [0.25, 0.3) is 5.91 Å². The summed E-state index contributed by atoms with van der Waals surface area (Å²) in [6, 6.07) is 4.47. The second kappa shape index (κ2) is 5.30. The highest BCUT2D eigenvalue weighted by atomic mass is 127. The Morgan fingerprint density at radius 3 is 3.00 bits per heavy atom. The van der Waals surface area contributed by atoms with E-state index in [0.29, 0.717) is 15.7 Å². The Morgan fingerprint density at radius 1 is 1.59 bits per heavy atom. The molecule has 1 aliphatic rings. The number of carbonyl (C=O) groups is 1. The number of hydrogen-bond acceptors (Lipinski definition) is 2. The van der Waals surface area contributed by atoms with Crippen molar-refractivity contribution in [2.75, 3.05) is 19.6 Å². The first-order valence-electron chi connectivity index (χ1n) is 5.56. The van der Waals surface area contributed by atoms with E-state index in [4.69, 9.17) is 0 Å². The molecule has 1 aromatic carbocycles. The maximum Gasteiger partial charge on any atom is 0.255 e. The van der Waals surface area contributed by atoms with Crippen molar-refractivity contribution in [3.05, 3.63) is 33.1 Å². The van der Waals surface area contributed by atoms with E-state index in [1.165, 1.54) is 12.1 Å². The molecule has 0 unspecified atom stereocenters. The summed E-state index contributed by atoms with van der Waals surface area (Å²) in [5.74, 6) is -0.317. The van der Waals surface area contributed by atoms with Gasteiger partial charge in [-0.2, -0.15) is 0 Å². The number of piperazine rings is 1. The minimum absolute atomic E-state index is 0.0107. The van der Waals surface area contributed by atoms with Gasteiger partial charge in [0.2, 0.25) is 0 Å². The zero-order valence-corrected chi connectivity index (χ0v) is 11.7. The Labute approximate surface area is 114 Å². The van der Waals surface area contributed by atoms with Crippen LogP contribution in [0.2, 0.25) is 0 Å². The third-order valence-corrected chi connectivity index (χ3v) is 3.82. The Balaban J connectivity index is 2.24. The molecule has 1 saturated heterocycles. The summed E-state index contributed by atoms with van der Waals surface area (Å²) in [5, 5.41) is 3.24. The lowest BCUT2D eigenvalue weighted by atomic mass is 10.1. The van der Waals surface area contributed by atoms with Crippen molar-refractivity contribution >= 4 is 28.5 Å². The molecule has 5 heteroatoms. The van der Waals surface area contributed by atoms with Crippen LogP contribution in [0.15, 0.2) is 18.2 Å². The maximum atomic E-state index is 13.0. The topological polar surface area (TPSA) is 32.3 Å². The van der Waals surface area contributed by atoms with Crippen molar-refractivity contribution in [3.63, 3.8) is 0 Å². The zero-order valence-electron chi connectivity index (χ0n) is 9.54. The van der Waals surface area contributed by atoms with E-state index in [1.807, 2.05) is 34.4 Å². The van der Waals surface area contributed by atoms with E-state index in [9.17, 15) is 9.18 Å². The van der Waals surface area contributed by atoms with E-state index in [-0.39, 0.29) is 17.8 Å². The number of carbonyl (C=O) groups excluding carboxylic acids is 1. The Morgan fingerprint density at radius 2 is 2.35 bits per heavy atom. The van der Waals surface area contributed by atoms with Gasteiger partial charge in [0, 0.05) is 29.2 Å². The highest BCUT2D eigenvalue weighted by molar-refractivity contribution is 14.1. The average molecular weight is 348 g/mol. The van der Waals surface area contributed by atoms with Crippen LogP contribution in [0.25, 0.3) is 0 Å². The summed E-state index contributed by atoms with van der Waals surface area (Å²) < 4.78 is 13.7. The molecule has 1 N–H and O–H groups in total. The molecule has 1 amide bonds. The molecule has 17 heavy (non-hydrogen) atoms. The summed E-state index contributed by atoms with van der Waals surface area (Å²) in [7, 11) is 0. The summed E-state index contributed by atoms with van der Waals surface area (Å²) in [5.41, 5.74) is 0.584. The van der Waals surface area contributed by atoms with Crippen molar-refractivity contribution in [2.24, 2.45) is 0 Å². The lowest BCUT2D eigenvalue weighted by Gasteiger charge is -2.34. The maximum absolute atomic E-state index is 13.0. The van der Waals surface area contributed by atoms with Gasteiger partial charge in [-0.25, -0.2) is 4.39 Å². The normalized spacial score (nSPS) is 20.4. The highest BCUT2D eigenvalue weighted by Crippen LogP contribution is 2.17. The monoisotopic (exact) mass is 348 g/mol. The van der Waals surface area contributed by atoms with E-state index >= 15 is 0 Å². The molecule has 0 radical (unpaired) electrons. The summed E-state index contributed by atoms with van der Waals surface area (Å²) >= 11 is 2.00. The number of rotatable bonds is 1. The quantitative estimate of drug-likeness (QED) is 0.786. The van der Waals surface area contributed by atoms with E-state index in [1.54, 1.807) is 6.07 Å². The van der Waals surface area contributed by atoms with Crippen molar-refractivity contribution in [1.29, 1.82) is 0 Å². The molecule has 3 nitrogen and oxygen atoms in total. The lowest BCUT2D eigenvalue weighted by molar-refractivity contribution is 0.0654. The Hall–Kier alpha value is -0.690. The first-order chi connectivity index (χ1) is 8.09. The molecule has 1 fully saturated rings. The molecule has 0 saturated carbocycles. The SMILES string of the molecule is C[C@H]1CNCCN1C(=O)c1ccc(F)cc1I. The van der Waals surface area contributed by atoms with Crippen molar-refractivity contribution in [2.45, 2.75) is 13.0 Å². The first kappa shape index (κ1) is 12.8. The molecular formula is C12H14FIN2O. The number of hydrogen-bond donors (Lipinski definition) is 1. The molecule has 1 aliphatic heterocycles. The largest absolute Gasteiger partial charge is 0.333 e. The molecule has 92 valence electrons. The lowest BCUT2D eigenvalue weighted by Crippen LogP contribution is -2.52. The van der Waals surface area contributed by atoms with Gasteiger partial charge in [-0.05, 0) is 47.7 Å². The van der Waals surface area contributed by atoms with Crippen LogP contribution in [0.3, 0.4) is 0 Å². The van der Waals surface area contributed by atoms with Gasteiger partial charge in [-0.1, -0.05) is 0 Å². The van der Waals surface area contributed by atoms with Gasteiger partial charge < -0.3 is 10.2 Å². The molecule has 0 aromatic heterocycles. The molecule has 1 aromatic rings. The van der Waals surface area contributed by atoms with Crippen molar-refractivity contribution in [3.8, 4) is 0 Å². The van der Waals surface area contributed by atoms with E-state index < -0.39 is 0 Å². The summed E-state index contributed by atoms with van der Waals surface area (Å²) in [4.78, 5) is 14.2. The standard InChI is InChI=1S/C12H14FIN2O/c1-8-7-15-4-5-16(8)12(17)10-3-2-9(13)6-11(10)14/h2-3,6,8,15H,4-5,7H2,1H3/t8-/m0/s1. The molecular weight excluding hydrogens is 334 g/mol. The minimum atomic E-state index is -0.306. The van der Waals surface area contributed by atoms with Crippen LogP contribution in [-0.4, -0.2) is 36.5 Å². The van der Waals surface area contributed by atoms with E-state index in [2.05, 4.69) is 5.32 Å². The first-order valence-corrected chi connectivity index (χ1v) is 6.64. The fraction of sp³-hybridized carbons (Fsp3) is 0.417. The van der Waals surface area contributed by atoms with Crippen LogP contribution < -0.4 is 5.32 Å². The molecule has 1 atom stereocenters. The van der Waals surface area contributed by atoms with E-state index in [0.717, 1.165) is 13.1 Å². The van der Waals surface area contributed by atoms with Gasteiger partial charge in [0.15, 0.2) is 0 Å². The fourth-order valence-electron chi connectivity index (χ4n) is 1.96. The van der Waals surface area contributed by atoms with Crippen LogP contribution in [0.5, 0.6) is 0 Å². The Bertz CT molecular complexity index is 439. The predicted octanol–water partition coefficient (Wildman–Crippen LogP) is 1.86. The average Bonchev–Trinajstić information content (AvgIpc) is 2.29. The molecule has 0 bridgehead atoms. The fourth-order valence-corrected chi connectivity index (χ4v) is 2.67. The second-order valence-corrected chi connectivity index (χ2v) is 5.34. The second-order valence-electron chi connectivity index (χ2n) is 4.18. The predicted molar refractivity (Wildman–Crippen MR) is 72.5 cm³/mol. The molecule has 0 aliphatic carbocycles. The van der Waals surface area contributed by atoms with Crippen LogP contribution in [-0.2, 0) is 0 Å². The van der Waals surface area contributed by atoms with Gasteiger partial charge in [-0.15, -0.1) is 0 Å².